The molecule has 2 aromatic carbocycles. The number of nitrogens with one attached hydrogen (secondary N) is 1. The van der Waals surface area contributed by atoms with Crippen LogP contribution in [-0.2, 0) is 4.79 Å². The summed E-state index contributed by atoms with van der Waals surface area (Å²) in [6, 6.07) is 13.9. The third-order valence-corrected chi connectivity index (χ3v) is 3.82. The predicted molar refractivity (Wildman–Crippen MR) is 80.5 cm³/mol. The number of nitrogens with two attached hydrogens (primary N) is 1. The van der Waals surface area contributed by atoms with E-state index in [1.54, 1.807) is 11.8 Å². The SMILES string of the molecule is CC(=O)Nc1ccc(Sc2ccccc2C)cc1N. The lowest BCUT2D eigenvalue weighted by atomic mass is 10.2. The van der Waals surface area contributed by atoms with Crippen LogP contribution in [0, 0.1) is 6.92 Å². The smallest absolute Gasteiger partial charge is 0.221 e. The molecule has 0 radical (unpaired) electrons. The van der Waals surface area contributed by atoms with Gasteiger partial charge in [0, 0.05) is 16.7 Å². The van der Waals surface area contributed by atoms with Crippen molar-refractivity contribution in [3.8, 4) is 0 Å². The number of rotatable bonds is 3. The van der Waals surface area contributed by atoms with Crippen molar-refractivity contribution in [3.63, 3.8) is 0 Å². The van der Waals surface area contributed by atoms with E-state index in [9.17, 15) is 4.79 Å². The molecule has 2 aromatic rings. The van der Waals surface area contributed by atoms with E-state index in [1.165, 1.54) is 17.4 Å². The maximum atomic E-state index is 11.0. The minimum Gasteiger partial charge on any atom is -0.397 e. The first-order chi connectivity index (χ1) is 9.06. The third-order valence-electron chi connectivity index (χ3n) is 2.66. The topological polar surface area (TPSA) is 55.1 Å². The molecule has 0 aromatic heterocycles. The van der Waals surface area contributed by atoms with Crippen molar-refractivity contribution in [2.45, 2.75) is 23.6 Å². The van der Waals surface area contributed by atoms with Gasteiger partial charge in [0.2, 0.25) is 5.91 Å². The fourth-order valence-corrected chi connectivity index (χ4v) is 2.66. The molecule has 2 rings (SSSR count). The van der Waals surface area contributed by atoms with Crippen LogP contribution in [0.15, 0.2) is 52.3 Å². The van der Waals surface area contributed by atoms with Gasteiger partial charge in [0.1, 0.15) is 0 Å². The fraction of sp³-hybridized carbons (Fsp3) is 0.133. The molecule has 0 atom stereocenters. The maximum Gasteiger partial charge on any atom is 0.221 e. The Kier molecular flexibility index (Phi) is 4.12. The van der Waals surface area contributed by atoms with E-state index in [-0.39, 0.29) is 5.91 Å². The molecule has 0 fully saturated rings. The number of hydrogen-bond donors (Lipinski definition) is 2. The van der Waals surface area contributed by atoms with Crippen molar-refractivity contribution in [2.24, 2.45) is 0 Å². The minimum absolute atomic E-state index is 0.119. The second kappa shape index (κ2) is 5.80. The van der Waals surface area contributed by atoms with Gasteiger partial charge in [-0.3, -0.25) is 4.79 Å². The van der Waals surface area contributed by atoms with Crippen LogP contribution in [0.3, 0.4) is 0 Å². The van der Waals surface area contributed by atoms with E-state index in [0.29, 0.717) is 11.4 Å². The Hall–Kier alpha value is -1.94. The second-order valence-electron chi connectivity index (χ2n) is 4.30. The Morgan fingerprint density at radius 2 is 1.95 bits per heavy atom. The highest BCUT2D eigenvalue weighted by Crippen LogP contribution is 2.33. The zero-order valence-electron chi connectivity index (χ0n) is 10.9. The zero-order valence-corrected chi connectivity index (χ0v) is 11.8. The van der Waals surface area contributed by atoms with Gasteiger partial charge in [-0.25, -0.2) is 0 Å². The number of aryl methyl sites for hydroxylation is 1. The highest BCUT2D eigenvalue weighted by Gasteiger charge is 2.05. The molecule has 0 saturated heterocycles. The Morgan fingerprint density at radius 1 is 1.21 bits per heavy atom. The average Bonchev–Trinajstić information content (AvgIpc) is 2.35. The van der Waals surface area contributed by atoms with Crippen molar-refractivity contribution in [1.82, 2.24) is 0 Å². The number of amides is 1. The number of hydrogen-bond acceptors (Lipinski definition) is 3. The van der Waals surface area contributed by atoms with E-state index >= 15 is 0 Å². The first-order valence-electron chi connectivity index (χ1n) is 5.97. The molecule has 0 aliphatic heterocycles. The van der Waals surface area contributed by atoms with Crippen molar-refractivity contribution in [3.05, 3.63) is 48.0 Å². The van der Waals surface area contributed by atoms with Crippen LogP contribution >= 0.6 is 11.8 Å². The third kappa shape index (κ3) is 3.51. The van der Waals surface area contributed by atoms with Crippen molar-refractivity contribution < 1.29 is 4.79 Å². The molecule has 4 heteroatoms. The molecule has 0 spiro atoms. The van der Waals surface area contributed by atoms with Gasteiger partial charge in [-0.05, 0) is 36.8 Å². The van der Waals surface area contributed by atoms with Crippen LogP contribution in [0.5, 0.6) is 0 Å². The molecule has 98 valence electrons. The lowest BCUT2D eigenvalue weighted by Gasteiger charge is -2.09. The van der Waals surface area contributed by atoms with E-state index in [0.717, 1.165) is 4.90 Å². The number of carbonyl (C=O) groups is 1. The summed E-state index contributed by atoms with van der Waals surface area (Å²) in [5, 5.41) is 2.70. The maximum absolute atomic E-state index is 11.0. The lowest BCUT2D eigenvalue weighted by Crippen LogP contribution is -2.07. The number of anilines is 2. The monoisotopic (exact) mass is 272 g/mol. The largest absolute Gasteiger partial charge is 0.397 e. The van der Waals surface area contributed by atoms with E-state index < -0.39 is 0 Å². The van der Waals surface area contributed by atoms with Gasteiger partial charge in [0.25, 0.3) is 0 Å². The van der Waals surface area contributed by atoms with Crippen LogP contribution in [0.2, 0.25) is 0 Å². The fourth-order valence-electron chi connectivity index (χ4n) is 1.71. The summed E-state index contributed by atoms with van der Waals surface area (Å²) in [6.45, 7) is 3.55. The van der Waals surface area contributed by atoms with Crippen molar-refractivity contribution >= 4 is 29.0 Å². The van der Waals surface area contributed by atoms with Crippen LogP contribution in [0.4, 0.5) is 11.4 Å². The molecule has 0 aliphatic rings. The molecule has 19 heavy (non-hydrogen) atoms. The molecule has 0 aliphatic carbocycles. The normalized spacial score (nSPS) is 10.2. The van der Waals surface area contributed by atoms with Gasteiger partial charge < -0.3 is 11.1 Å². The molecule has 0 unspecified atom stereocenters. The first-order valence-corrected chi connectivity index (χ1v) is 6.78. The summed E-state index contributed by atoms with van der Waals surface area (Å²) in [4.78, 5) is 13.3. The lowest BCUT2D eigenvalue weighted by molar-refractivity contribution is -0.114. The Bertz CT molecular complexity index is 611. The molecule has 1 amide bonds. The minimum atomic E-state index is -0.119. The van der Waals surface area contributed by atoms with Gasteiger partial charge in [-0.15, -0.1) is 0 Å². The summed E-state index contributed by atoms with van der Waals surface area (Å²) in [5.74, 6) is -0.119. The highest BCUT2D eigenvalue weighted by atomic mass is 32.2. The van der Waals surface area contributed by atoms with E-state index in [1.807, 2.05) is 30.3 Å². The summed E-state index contributed by atoms with van der Waals surface area (Å²) in [7, 11) is 0. The zero-order chi connectivity index (χ0) is 13.8. The molecule has 3 nitrogen and oxygen atoms in total. The highest BCUT2D eigenvalue weighted by molar-refractivity contribution is 7.99. The van der Waals surface area contributed by atoms with Gasteiger partial charge in [0.05, 0.1) is 11.4 Å². The standard InChI is InChI=1S/C15H16N2OS/c1-10-5-3-4-6-15(10)19-12-7-8-14(13(16)9-12)17-11(2)18/h3-9H,16H2,1-2H3,(H,17,18). The predicted octanol–water partition coefficient (Wildman–Crippen LogP) is 3.69. The van der Waals surface area contributed by atoms with Crippen LogP contribution < -0.4 is 11.1 Å². The van der Waals surface area contributed by atoms with Crippen molar-refractivity contribution in [2.75, 3.05) is 11.1 Å². The number of nitrogen functional groups attached to an aromatic ring is 1. The second-order valence-corrected chi connectivity index (χ2v) is 5.41. The number of benzene rings is 2. The molecule has 3 N–H and O–H groups in total. The number of carbonyl (C=O) groups excluding carboxylic acids is 1. The van der Waals surface area contributed by atoms with E-state index in [2.05, 4.69) is 24.4 Å². The van der Waals surface area contributed by atoms with Gasteiger partial charge in [-0.2, -0.15) is 0 Å². The van der Waals surface area contributed by atoms with E-state index in [4.69, 9.17) is 5.73 Å². The van der Waals surface area contributed by atoms with Gasteiger partial charge in [0.15, 0.2) is 0 Å². The molecular weight excluding hydrogens is 256 g/mol. The Balaban J connectivity index is 2.21. The quantitative estimate of drug-likeness (QED) is 0.838. The van der Waals surface area contributed by atoms with Gasteiger partial charge in [-0.1, -0.05) is 30.0 Å². The van der Waals surface area contributed by atoms with Crippen LogP contribution in [0.1, 0.15) is 12.5 Å². The summed E-state index contributed by atoms with van der Waals surface area (Å²) >= 11 is 1.66. The van der Waals surface area contributed by atoms with Gasteiger partial charge >= 0.3 is 0 Å². The molecule has 0 bridgehead atoms. The average molecular weight is 272 g/mol. The Morgan fingerprint density at radius 3 is 2.58 bits per heavy atom. The Labute approximate surface area is 117 Å². The molecular formula is C15H16N2OS. The van der Waals surface area contributed by atoms with Crippen LogP contribution in [-0.4, -0.2) is 5.91 Å². The summed E-state index contributed by atoms with van der Waals surface area (Å²) in [6.07, 6.45) is 0. The van der Waals surface area contributed by atoms with Crippen LogP contribution in [0.25, 0.3) is 0 Å². The first kappa shape index (κ1) is 13.5. The molecule has 0 heterocycles. The summed E-state index contributed by atoms with van der Waals surface area (Å²) in [5.41, 5.74) is 8.40. The summed E-state index contributed by atoms with van der Waals surface area (Å²) < 4.78 is 0. The van der Waals surface area contributed by atoms with Crippen molar-refractivity contribution in [1.29, 1.82) is 0 Å². The molecule has 0 saturated carbocycles.